The van der Waals surface area contributed by atoms with Crippen LogP contribution in [0.3, 0.4) is 0 Å². The summed E-state index contributed by atoms with van der Waals surface area (Å²) in [7, 11) is 0. The van der Waals surface area contributed by atoms with Gasteiger partial charge in [-0.15, -0.1) is 0 Å². The first-order chi connectivity index (χ1) is 17.3. The molecule has 0 radical (unpaired) electrons. The lowest BCUT2D eigenvalue weighted by Crippen LogP contribution is -2.30. The highest BCUT2D eigenvalue weighted by atomic mass is 19.1. The minimum Gasteiger partial charge on any atom is -0.339 e. The standard InChI is InChI=1S/C30H34FN3O2/c1-6-26(7-2)34(27-18-14-24(31)15-19-27)28-20-23(11-10-21(28)5)29(35)32-25-16-12-22(13-17-25)30(36)33(8-3)9-4/h6,10-20H,7-9H2,1-5H3,(H,32,35)/b26-6-. The van der Waals surface area contributed by atoms with Crippen molar-refractivity contribution >= 4 is 28.9 Å². The molecule has 0 aliphatic carbocycles. The zero-order chi connectivity index (χ0) is 26.2. The van der Waals surface area contributed by atoms with Crippen LogP contribution in [0.25, 0.3) is 0 Å². The average molecular weight is 488 g/mol. The Labute approximate surface area is 213 Å². The molecule has 0 bridgehead atoms. The van der Waals surface area contributed by atoms with Crippen molar-refractivity contribution in [1.29, 1.82) is 0 Å². The normalized spacial score (nSPS) is 11.2. The average Bonchev–Trinajstić information content (AvgIpc) is 2.89. The van der Waals surface area contributed by atoms with Crippen molar-refractivity contribution in [2.45, 2.75) is 41.0 Å². The molecule has 0 aliphatic heterocycles. The summed E-state index contributed by atoms with van der Waals surface area (Å²) in [6.45, 7) is 11.2. The Morgan fingerprint density at radius 3 is 2.06 bits per heavy atom. The van der Waals surface area contributed by atoms with Gasteiger partial charge in [-0.05, 0) is 100 Å². The van der Waals surface area contributed by atoms with Crippen LogP contribution in [-0.4, -0.2) is 29.8 Å². The van der Waals surface area contributed by atoms with E-state index in [4.69, 9.17) is 0 Å². The van der Waals surface area contributed by atoms with Gasteiger partial charge in [-0.3, -0.25) is 9.59 Å². The Hall–Kier alpha value is -3.93. The van der Waals surface area contributed by atoms with Crippen LogP contribution in [0.15, 0.2) is 78.5 Å². The number of aryl methyl sites for hydroxylation is 1. The molecule has 5 nitrogen and oxygen atoms in total. The van der Waals surface area contributed by atoms with Crippen molar-refractivity contribution in [3.8, 4) is 0 Å². The van der Waals surface area contributed by atoms with E-state index in [1.165, 1.54) is 12.1 Å². The third-order valence-electron chi connectivity index (χ3n) is 6.22. The fourth-order valence-corrected chi connectivity index (χ4v) is 4.13. The third-order valence-corrected chi connectivity index (χ3v) is 6.22. The predicted octanol–water partition coefficient (Wildman–Crippen LogP) is 7.32. The minimum absolute atomic E-state index is 0.0300. The van der Waals surface area contributed by atoms with E-state index in [1.807, 2.05) is 45.9 Å². The van der Waals surface area contributed by atoms with Crippen molar-refractivity contribution in [3.05, 3.63) is 101 Å². The Bertz CT molecular complexity index is 1230. The molecule has 0 saturated carbocycles. The maximum atomic E-state index is 13.6. The highest BCUT2D eigenvalue weighted by molar-refractivity contribution is 6.05. The second kappa shape index (κ2) is 12.2. The van der Waals surface area contributed by atoms with Gasteiger partial charge in [0, 0.05) is 47.0 Å². The largest absolute Gasteiger partial charge is 0.339 e. The zero-order valence-electron chi connectivity index (χ0n) is 21.6. The molecule has 2 amide bonds. The molecule has 0 saturated heterocycles. The first-order valence-electron chi connectivity index (χ1n) is 12.3. The number of halogens is 1. The van der Waals surface area contributed by atoms with Crippen LogP contribution < -0.4 is 10.2 Å². The summed E-state index contributed by atoms with van der Waals surface area (Å²) in [6.07, 6.45) is 2.79. The number of amides is 2. The van der Waals surface area contributed by atoms with Gasteiger partial charge in [0.1, 0.15) is 5.82 Å². The molecular formula is C30H34FN3O2. The molecule has 0 atom stereocenters. The lowest BCUT2D eigenvalue weighted by atomic mass is 10.1. The SMILES string of the molecule is C/C=C(/CC)N(c1ccc(F)cc1)c1cc(C(=O)Nc2ccc(C(=O)N(CC)CC)cc2)ccc1C. The van der Waals surface area contributed by atoms with Gasteiger partial charge in [0.25, 0.3) is 11.8 Å². The second-order valence-electron chi connectivity index (χ2n) is 8.46. The zero-order valence-corrected chi connectivity index (χ0v) is 21.6. The van der Waals surface area contributed by atoms with Crippen molar-refractivity contribution in [1.82, 2.24) is 4.90 Å². The van der Waals surface area contributed by atoms with Crippen LogP contribution in [0.5, 0.6) is 0 Å². The number of carbonyl (C=O) groups excluding carboxylic acids is 2. The Morgan fingerprint density at radius 1 is 0.889 bits per heavy atom. The monoisotopic (exact) mass is 487 g/mol. The number of nitrogens with zero attached hydrogens (tertiary/aromatic N) is 2. The van der Waals surface area contributed by atoms with Gasteiger partial charge in [-0.2, -0.15) is 0 Å². The first-order valence-corrected chi connectivity index (χ1v) is 12.3. The number of hydrogen-bond donors (Lipinski definition) is 1. The van der Waals surface area contributed by atoms with Crippen LogP contribution in [0.1, 0.15) is 60.4 Å². The second-order valence-corrected chi connectivity index (χ2v) is 8.46. The predicted molar refractivity (Wildman–Crippen MR) is 145 cm³/mol. The van der Waals surface area contributed by atoms with Gasteiger partial charge < -0.3 is 15.1 Å². The summed E-state index contributed by atoms with van der Waals surface area (Å²) < 4.78 is 13.6. The number of benzene rings is 3. The number of allylic oxidation sites excluding steroid dienone is 2. The van der Waals surface area contributed by atoms with Crippen LogP contribution in [0, 0.1) is 12.7 Å². The van der Waals surface area contributed by atoms with E-state index in [2.05, 4.69) is 17.1 Å². The maximum Gasteiger partial charge on any atom is 0.255 e. The van der Waals surface area contributed by atoms with Gasteiger partial charge >= 0.3 is 0 Å². The highest BCUT2D eigenvalue weighted by Gasteiger charge is 2.18. The molecule has 3 aromatic rings. The number of nitrogens with one attached hydrogen (secondary N) is 1. The number of hydrogen-bond acceptors (Lipinski definition) is 3. The summed E-state index contributed by atoms with van der Waals surface area (Å²) in [5, 5.41) is 2.93. The molecule has 3 rings (SSSR count). The molecule has 0 spiro atoms. The summed E-state index contributed by atoms with van der Waals surface area (Å²) in [5.41, 5.74) is 5.39. The van der Waals surface area contributed by atoms with Gasteiger partial charge in [-0.1, -0.05) is 19.1 Å². The van der Waals surface area contributed by atoms with Gasteiger partial charge in [0.05, 0.1) is 0 Å². The van der Waals surface area contributed by atoms with Crippen molar-refractivity contribution < 1.29 is 14.0 Å². The van der Waals surface area contributed by atoms with E-state index < -0.39 is 0 Å². The molecule has 0 heterocycles. The molecular weight excluding hydrogens is 453 g/mol. The minimum atomic E-state index is -0.299. The summed E-state index contributed by atoms with van der Waals surface area (Å²) in [6, 6.07) is 18.8. The fourth-order valence-electron chi connectivity index (χ4n) is 4.13. The van der Waals surface area contributed by atoms with Crippen LogP contribution in [-0.2, 0) is 0 Å². The van der Waals surface area contributed by atoms with Crippen molar-refractivity contribution in [2.24, 2.45) is 0 Å². The van der Waals surface area contributed by atoms with Gasteiger partial charge in [0.15, 0.2) is 0 Å². The van der Waals surface area contributed by atoms with E-state index in [0.717, 1.165) is 29.1 Å². The van der Waals surface area contributed by atoms with E-state index in [0.29, 0.717) is 29.9 Å². The van der Waals surface area contributed by atoms with Crippen LogP contribution in [0.4, 0.5) is 21.5 Å². The molecule has 0 fully saturated rings. The molecule has 3 aromatic carbocycles. The first kappa shape index (κ1) is 26.7. The van der Waals surface area contributed by atoms with E-state index in [9.17, 15) is 14.0 Å². The van der Waals surface area contributed by atoms with Crippen molar-refractivity contribution in [2.75, 3.05) is 23.3 Å². The maximum absolute atomic E-state index is 13.6. The highest BCUT2D eigenvalue weighted by Crippen LogP contribution is 2.34. The summed E-state index contributed by atoms with van der Waals surface area (Å²) >= 11 is 0. The smallest absolute Gasteiger partial charge is 0.255 e. The quantitative estimate of drug-likeness (QED) is 0.344. The lowest BCUT2D eigenvalue weighted by molar-refractivity contribution is 0.0773. The number of carbonyl (C=O) groups is 2. The van der Waals surface area contributed by atoms with Crippen molar-refractivity contribution in [3.63, 3.8) is 0 Å². The fraction of sp³-hybridized carbons (Fsp3) is 0.267. The molecule has 0 aliphatic rings. The summed E-state index contributed by atoms with van der Waals surface area (Å²) in [5.74, 6) is -0.582. The van der Waals surface area contributed by atoms with Crippen LogP contribution in [0.2, 0.25) is 0 Å². The Balaban J connectivity index is 1.89. The number of rotatable bonds is 9. The molecule has 36 heavy (non-hydrogen) atoms. The molecule has 0 unspecified atom stereocenters. The Kier molecular flexibility index (Phi) is 9.01. The molecule has 0 aromatic heterocycles. The van der Waals surface area contributed by atoms with Crippen LogP contribution >= 0.6 is 0 Å². The van der Waals surface area contributed by atoms with Gasteiger partial charge in [0.2, 0.25) is 0 Å². The van der Waals surface area contributed by atoms with E-state index >= 15 is 0 Å². The Morgan fingerprint density at radius 2 is 1.50 bits per heavy atom. The lowest BCUT2D eigenvalue weighted by Gasteiger charge is -2.29. The third kappa shape index (κ3) is 6.00. The molecule has 1 N–H and O–H groups in total. The van der Waals surface area contributed by atoms with E-state index in [-0.39, 0.29) is 17.6 Å². The molecule has 6 heteroatoms. The molecule has 188 valence electrons. The van der Waals surface area contributed by atoms with Gasteiger partial charge in [-0.25, -0.2) is 4.39 Å². The number of anilines is 3. The van der Waals surface area contributed by atoms with E-state index in [1.54, 1.807) is 47.4 Å². The topological polar surface area (TPSA) is 52.7 Å². The summed E-state index contributed by atoms with van der Waals surface area (Å²) in [4.78, 5) is 29.5.